The number of rotatable bonds is 5. The molecule has 28 heavy (non-hydrogen) atoms. The van der Waals surface area contributed by atoms with Gasteiger partial charge in [0, 0.05) is 5.69 Å². The molecule has 2 atom stereocenters. The summed E-state index contributed by atoms with van der Waals surface area (Å²) in [6.45, 7) is 1.96. The van der Waals surface area contributed by atoms with Crippen LogP contribution >= 0.6 is 0 Å². The molecule has 6 nitrogen and oxygen atoms in total. The summed E-state index contributed by atoms with van der Waals surface area (Å²) in [4.78, 5) is 36.8. The third kappa shape index (κ3) is 4.46. The molecule has 3 rings (SSSR count). The Morgan fingerprint density at radius 2 is 1.54 bits per heavy atom. The molecule has 1 aliphatic rings. The van der Waals surface area contributed by atoms with E-state index in [0.29, 0.717) is 29.8 Å². The highest BCUT2D eigenvalue weighted by Gasteiger charge is 2.34. The first-order valence-electron chi connectivity index (χ1n) is 9.11. The number of allylic oxidation sites excluding steroid dienone is 2. The van der Waals surface area contributed by atoms with E-state index in [1.807, 2.05) is 25.1 Å². The summed E-state index contributed by atoms with van der Waals surface area (Å²) < 4.78 is 0. The number of anilines is 2. The Kier molecular flexibility index (Phi) is 5.89. The van der Waals surface area contributed by atoms with Crippen molar-refractivity contribution >= 4 is 29.2 Å². The van der Waals surface area contributed by atoms with E-state index in [2.05, 4.69) is 10.6 Å². The minimum Gasteiger partial charge on any atom is -0.481 e. The molecule has 144 valence electrons. The van der Waals surface area contributed by atoms with Crippen molar-refractivity contribution in [3.05, 3.63) is 71.8 Å². The molecule has 0 spiro atoms. The number of aliphatic carboxylic acids is 1. The molecule has 0 fully saturated rings. The first-order valence-corrected chi connectivity index (χ1v) is 9.11. The van der Waals surface area contributed by atoms with Gasteiger partial charge < -0.3 is 15.7 Å². The highest BCUT2D eigenvalue weighted by molar-refractivity contribution is 6.10. The number of aryl methyl sites for hydroxylation is 1. The maximum atomic E-state index is 12.7. The van der Waals surface area contributed by atoms with E-state index in [1.165, 1.54) is 0 Å². The number of carboxylic acids is 1. The molecular formula is C22H22N2O4. The first-order chi connectivity index (χ1) is 13.5. The fourth-order valence-corrected chi connectivity index (χ4v) is 3.23. The number of hydrogen-bond acceptors (Lipinski definition) is 3. The van der Waals surface area contributed by atoms with Crippen LogP contribution in [0.5, 0.6) is 0 Å². The van der Waals surface area contributed by atoms with Gasteiger partial charge in [-0.1, -0.05) is 42.0 Å². The van der Waals surface area contributed by atoms with Gasteiger partial charge >= 0.3 is 5.97 Å². The number of carbonyl (C=O) groups excluding carboxylic acids is 2. The minimum absolute atomic E-state index is 0.314. The van der Waals surface area contributed by atoms with Crippen LogP contribution < -0.4 is 10.6 Å². The number of nitrogens with one attached hydrogen (secondary N) is 2. The van der Waals surface area contributed by atoms with Gasteiger partial charge in [-0.3, -0.25) is 14.4 Å². The molecular weight excluding hydrogens is 356 g/mol. The van der Waals surface area contributed by atoms with Crippen molar-refractivity contribution in [1.82, 2.24) is 0 Å². The lowest BCUT2D eigenvalue weighted by molar-refractivity contribution is -0.146. The van der Waals surface area contributed by atoms with E-state index in [1.54, 1.807) is 42.5 Å². The average molecular weight is 378 g/mol. The second-order valence-electron chi connectivity index (χ2n) is 6.85. The van der Waals surface area contributed by atoms with Crippen LogP contribution in [-0.2, 0) is 9.59 Å². The largest absolute Gasteiger partial charge is 0.481 e. The molecule has 0 unspecified atom stereocenters. The lowest BCUT2D eigenvalue weighted by Gasteiger charge is -2.24. The van der Waals surface area contributed by atoms with Crippen LogP contribution in [0.25, 0.3) is 0 Å². The second kappa shape index (κ2) is 8.52. The SMILES string of the molecule is Cc1ccc(NC(=O)c2ccccc2NC(=O)[C@H]2CC=CC[C@@H]2C(=O)O)cc1. The highest BCUT2D eigenvalue weighted by Crippen LogP contribution is 2.28. The van der Waals surface area contributed by atoms with Crippen LogP contribution in [0.1, 0.15) is 28.8 Å². The number of amides is 2. The normalized spacial score (nSPS) is 18.3. The van der Waals surface area contributed by atoms with Crippen molar-refractivity contribution in [2.24, 2.45) is 11.8 Å². The van der Waals surface area contributed by atoms with Gasteiger partial charge in [0.05, 0.1) is 23.1 Å². The smallest absolute Gasteiger partial charge is 0.307 e. The summed E-state index contributed by atoms with van der Waals surface area (Å²) in [6, 6.07) is 14.1. The van der Waals surface area contributed by atoms with Crippen molar-refractivity contribution in [1.29, 1.82) is 0 Å². The number of para-hydroxylation sites is 1. The fourth-order valence-electron chi connectivity index (χ4n) is 3.23. The quantitative estimate of drug-likeness (QED) is 0.689. The Morgan fingerprint density at radius 1 is 0.893 bits per heavy atom. The molecule has 0 saturated carbocycles. The lowest BCUT2D eigenvalue weighted by Crippen LogP contribution is -2.35. The van der Waals surface area contributed by atoms with Gasteiger partial charge in [0.2, 0.25) is 5.91 Å². The van der Waals surface area contributed by atoms with E-state index in [-0.39, 0.29) is 5.91 Å². The van der Waals surface area contributed by atoms with Gasteiger partial charge in [-0.05, 0) is 44.0 Å². The summed E-state index contributed by atoms with van der Waals surface area (Å²) in [5.41, 5.74) is 2.41. The predicted octanol–water partition coefficient (Wildman–Crippen LogP) is 3.85. The summed E-state index contributed by atoms with van der Waals surface area (Å²) in [7, 11) is 0. The van der Waals surface area contributed by atoms with Gasteiger partial charge in [-0.25, -0.2) is 0 Å². The van der Waals surface area contributed by atoms with Crippen molar-refractivity contribution in [2.75, 3.05) is 10.6 Å². The molecule has 2 aromatic carbocycles. The van der Waals surface area contributed by atoms with Gasteiger partial charge in [0.1, 0.15) is 0 Å². The van der Waals surface area contributed by atoms with Crippen LogP contribution in [0.15, 0.2) is 60.7 Å². The Morgan fingerprint density at radius 3 is 2.21 bits per heavy atom. The van der Waals surface area contributed by atoms with E-state index >= 15 is 0 Å². The Bertz CT molecular complexity index is 918. The molecule has 0 aromatic heterocycles. The first kappa shape index (κ1) is 19.4. The molecule has 0 heterocycles. The zero-order valence-corrected chi connectivity index (χ0v) is 15.5. The Labute approximate surface area is 163 Å². The summed E-state index contributed by atoms with van der Waals surface area (Å²) >= 11 is 0. The van der Waals surface area contributed by atoms with Crippen LogP contribution in [-0.4, -0.2) is 22.9 Å². The number of carboxylic acid groups (broad SMARTS) is 1. The monoisotopic (exact) mass is 378 g/mol. The maximum Gasteiger partial charge on any atom is 0.307 e. The third-order valence-electron chi connectivity index (χ3n) is 4.83. The van der Waals surface area contributed by atoms with Gasteiger partial charge in [-0.2, -0.15) is 0 Å². The third-order valence-corrected chi connectivity index (χ3v) is 4.83. The van der Waals surface area contributed by atoms with E-state index in [9.17, 15) is 19.5 Å². The zero-order valence-electron chi connectivity index (χ0n) is 15.5. The minimum atomic E-state index is -0.991. The predicted molar refractivity (Wildman–Crippen MR) is 107 cm³/mol. The average Bonchev–Trinajstić information content (AvgIpc) is 2.70. The number of hydrogen-bond donors (Lipinski definition) is 3. The molecule has 1 aliphatic carbocycles. The number of benzene rings is 2. The molecule has 0 bridgehead atoms. The van der Waals surface area contributed by atoms with Crippen molar-refractivity contribution in [3.8, 4) is 0 Å². The summed E-state index contributed by atoms with van der Waals surface area (Å²) in [5.74, 6) is -3.17. The standard InChI is InChI=1S/C22H22N2O4/c1-14-10-12-15(13-11-14)23-21(26)18-8-4-5-9-19(18)24-20(25)16-6-2-3-7-17(16)22(27)28/h2-5,8-13,16-17H,6-7H2,1H3,(H,23,26)(H,24,25)(H,27,28)/t16-,17-/m0/s1. The van der Waals surface area contributed by atoms with Gasteiger partial charge in [0.25, 0.3) is 5.91 Å². The molecule has 2 aromatic rings. The second-order valence-corrected chi connectivity index (χ2v) is 6.85. The highest BCUT2D eigenvalue weighted by atomic mass is 16.4. The van der Waals surface area contributed by atoms with E-state index in [0.717, 1.165) is 5.56 Å². The molecule has 2 amide bonds. The molecule has 6 heteroatoms. The lowest BCUT2D eigenvalue weighted by atomic mass is 9.82. The van der Waals surface area contributed by atoms with Crippen LogP contribution in [0.3, 0.4) is 0 Å². The van der Waals surface area contributed by atoms with Crippen LogP contribution in [0.4, 0.5) is 11.4 Å². The Hall–Kier alpha value is -3.41. The van der Waals surface area contributed by atoms with E-state index in [4.69, 9.17) is 0 Å². The maximum absolute atomic E-state index is 12.7. The van der Waals surface area contributed by atoms with Crippen molar-refractivity contribution in [2.45, 2.75) is 19.8 Å². The summed E-state index contributed by atoms with van der Waals surface area (Å²) in [5, 5.41) is 14.9. The molecule has 0 saturated heterocycles. The van der Waals surface area contributed by atoms with E-state index < -0.39 is 23.7 Å². The van der Waals surface area contributed by atoms with Crippen molar-refractivity contribution < 1.29 is 19.5 Å². The topological polar surface area (TPSA) is 95.5 Å². The van der Waals surface area contributed by atoms with Gasteiger partial charge in [-0.15, -0.1) is 0 Å². The molecule has 0 aliphatic heterocycles. The van der Waals surface area contributed by atoms with Gasteiger partial charge in [0.15, 0.2) is 0 Å². The molecule has 0 radical (unpaired) electrons. The summed E-state index contributed by atoms with van der Waals surface area (Å²) in [6.07, 6.45) is 4.29. The van der Waals surface area contributed by atoms with Crippen molar-refractivity contribution in [3.63, 3.8) is 0 Å². The Balaban J connectivity index is 1.77. The van der Waals surface area contributed by atoms with Crippen LogP contribution in [0.2, 0.25) is 0 Å². The van der Waals surface area contributed by atoms with Crippen LogP contribution in [0, 0.1) is 18.8 Å². The zero-order chi connectivity index (χ0) is 20.1. The molecule has 3 N–H and O–H groups in total. The number of carbonyl (C=O) groups is 3. The fraction of sp³-hybridized carbons (Fsp3) is 0.227.